The Labute approximate surface area is 122 Å². The van der Waals surface area contributed by atoms with Crippen LogP contribution >= 0.6 is 0 Å². The van der Waals surface area contributed by atoms with E-state index >= 15 is 0 Å². The van der Waals surface area contributed by atoms with Crippen LogP contribution in [0.1, 0.15) is 28.4 Å². The molecule has 0 fully saturated rings. The van der Waals surface area contributed by atoms with Gasteiger partial charge >= 0.3 is 0 Å². The Morgan fingerprint density at radius 2 is 1.95 bits per heavy atom. The van der Waals surface area contributed by atoms with Crippen LogP contribution in [-0.4, -0.2) is 10.4 Å². The minimum atomic E-state index is -0.321. The van der Waals surface area contributed by atoms with Crippen molar-refractivity contribution >= 4 is 16.7 Å². The normalized spacial score (nSPS) is 11.0. The van der Waals surface area contributed by atoms with Gasteiger partial charge in [0.1, 0.15) is 5.82 Å². The number of carbonyl (C=O) groups excluding carboxylic acids is 1. The quantitative estimate of drug-likeness (QED) is 0.655. The zero-order chi connectivity index (χ0) is 15.0. The number of rotatable bonds is 3. The zero-order valence-electron chi connectivity index (χ0n) is 12.1. The summed E-state index contributed by atoms with van der Waals surface area (Å²) in [5.74, 6) is -0.368. The molecule has 3 rings (SSSR count). The van der Waals surface area contributed by atoms with Gasteiger partial charge in [0, 0.05) is 29.2 Å². The number of fused-ring (bicyclic) bond motifs is 1. The molecule has 3 heteroatoms. The van der Waals surface area contributed by atoms with Gasteiger partial charge in [-0.05, 0) is 43.2 Å². The second-order valence-electron chi connectivity index (χ2n) is 5.31. The molecule has 3 aromatic rings. The molecule has 0 saturated heterocycles. The van der Waals surface area contributed by atoms with E-state index in [2.05, 4.69) is 19.1 Å². The maximum atomic E-state index is 13.5. The summed E-state index contributed by atoms with van der Waals surface area (Å²) in [6.45, 7) is 4.24. The Morgan fingerprint density at radius 3 is 2.67 bits per heavy atom. The monoisotopic (exact) mass is 281 g/mol. The van der Waals surface area contributed by atoms with Crippen molar-refractivity contribution in [2.24, 2.45) is 0 Å². The summed E-state index contributed by atoms with van der Waals surface area (Å²) in [6.07, 6.45) is 1.82. The molecule has 0 spiro atoms. The predicted octanol–water partition coefficient (Wildman–Crippen LogP) is 4.34. The van der Waals surface area contributed by atoms with Gasteiger partial charge < -0.3 is 4.57 Å². The number of hydrogen-bond donors (Lipinski definition) is 0. The van der Waals surface area contributed by atoms with Crippen LogP contribution in [0, 0.1) is 12.7 Å². The molecule has 0 amide bonds. The number of hydrogen-bond acceptors (Lipinski definition) is 1. The van der Waals surface area contributed by atoms with Crippen LogP contribution in [0.15, 0.2) is 48.7 Å². The largest absolute Gasteiger partial charge is 0.342 e. The number of halogens is 1. The smallest absolute Gasteiger partial charge is 0.161 e. The molecule has 0 unspecified atom stereocenters. The van der Waals surface area contributed by atoms with E-state index in [-0.39, 0.29) is 11.6 Å². The van der Waals surface area contributed by atoms with Crippen LogP contribution in [0.2, 0.25) is 0 Å². The van der Waals surface area contributed by atoms with Crippen LogP contribution in [0.4, 0.5) is 4.39 Å². The Bertz CT molecular complexity index is 832. The summed E-state index contributed by atoms with van der Waals surface area (Å²) in [5.41, 5.74) is 3.84. The maximum absolute atomic E-state index is 13.5. The average molecular weight is 281 g/mol. The third-order valence-corrected chi connectivity index (χ3v) is 3.82. The summed E-state index contributed by atoms with van der Waals surface area (Å²) in [7, 11) is 0. The lowest BCUT2D eigenvalue weighted by Crippen LogP contribution is -2.00. The lowest BCUT2D eigenvalue weighted by molar-refractivity contribution is 0.101. The molecule has 0 bridgehead atoms. The highest BCUT2D eigenvalue weighted by Gasteiger charge is 2.13. The van der Waals surface area contributed by atoms with E-state index in [0.717, 1.165) is 5.52 Å². The molecule has 1 heterocycles. The third kappa shape index (κ3) is 2.47. The Hall–Kier alpha value is -2.42. The topological polar surface area (TPSA) is 22.0 Å². The number of benzene rings is 2. The highest BCUT2D eigenvalue weighted by Crippen LogP contribution is 2.24. The van der Waals surface area contributed by atoms with Crippen molar-refractivity contribution < 1.29 is 9.18 Å². The molecule has 0 radical (unpaired) electrons. The van der Waals surface area contributed by atoms with Gasteiger partial charge in [-0.2, -0.15) is 0 Å². The lowest BCUT2D eigenvalue weighted by atomic mass is 10.1. The first-order chi connectivity index (χ1) is 10.1. The van der Waals surface area contributed by atoms with E-state index in [1.165, 1.54) is 30.2 Å². The molecule has 0 aliphatic rings. The summed E-state index contributed by atoms with van der Waals surface area (Å²) >= 11 is 0. The first-order valence-electron chi connectivity index (χ1n) is 6.90. The number of nitrogens with zero attached hydrogens (tertiary/aromatic N) is 1. The SMILES string of the molecule is CC(=O)c1cn(Cc2ccccc2C)c2ccc(F)cc12. The van der Waals surface area contributed by atoms with E-state index in [0.29, 0.717) is 17.5 Å². The minimum absolute atomic E-state index is 0.0471. The van der Waals surface area contributed by atoms with Gasteiger partial charge in [0.2, 0.25) is 0 Å². The maximum Gasteiger partial charge on any atom is 0.161 e. The summed E-state index contributed by atoms with van der Waals surface area (Å²) in [6, 6.07) is 12.7. The lowest BCUT2D eigenvalue weighted by Gasteiger charge is -2.08. The van der Waals surface area contributed by atoms with Gasteiger partial charge in [0.25, 0.3) is 0 Å². The number of aromatic nitrogens is 1. The van der Waals surface area contributed by atoms with E-state index in [4.69, 9.17) is 0 Å². The van der Waals surface area contributed by atoms with Crippen molar-refractivity contribution in [2.45, 2.75) is 20.4 Å². The fraction of sp³-hybridized carbons (Fsp3) is 0.167. The molecular weight excluding hydrogens is 265 g/mol. The Balaban J connectivity index is 2.15. The second kappa shape index (κ2) is 5.17. The Kier molecular flexibility index (Phi) is 3.34. The first-order valence-corrected chi connectivity index (χ1v) is 6.90. The van der Waals surface area contributed by atoms with Crippen LogP contribution in [0.3, 0.4) is 0 Å². The van der Waals surface area contributed by atoms with Crippen molar-refractivity contribution in [3.05, 3.63) is 71.2 Å². The van der Waals surface area contributed by atoms with Crippen molar-refractivity contribution in [3.8, 4) is 0 Å². The molecule has 106 valence electrons. The predicted molar refractivity (Wildman–Crippen MR) is 82.2 cm³/mol. The third-order valence-electron chi connectivity index (χ3n) is 3.82. The second-order valence-corrected chi connectivity index (χ2v) is 5.31. The highest BCUT2D eigenvalue weighted by molar-refractivity contribution is 6.07. The van der Waals surface area contributed by atoms with E-state index in [1.54, 1.807) is 6.07 Å². The summed E-state index contributed by atoms with van der Waals surface area (Å²) in [5, 5.41) is 0.677. The first kappa shape index (κ1) is 13.6. The fourth-order valence-electron chi connectivity index (χ4n) is 2.65. The molecule has 0 aliphatic carbocycles. The average Bonchev–Trinajstić information content (AvgIpc) is 2.79. The number of ketones is 1. The molecule has 0 aliphatic heterocycles. The van der Waals surface area contributed by atoms with Crippen LogP contribution in [-0.2, 0) is 6.54 Å². The van der Waals surface area contributed by atoms with Crippen LogP contribution < -0.4 is 0 Å². The summed E-state index contributed by atoms with van der Waals surface area (Å²) < 4.78 is 15.5. The minimum Gasteiger partial charge on any atom is -0.342 e. The number of aryl methyl sites for hydroxylation is 1. The molecule has 2 nitrogen and oxygen atoms in total. The van der Waals surface area contributed by atoms with Crippen molar-refractivity contribution in [3.63, 3.8) is 0 Å². The van der Waals surface area contributed by atoms with E-state index in [9.17, 15) is 9.18 Å². The molecule has 0 saturated carbocycles. The molecule has 21 heavy (non-hydrogen) atoms. The zero-order valence-corrected chi connectivity index (χ0v) is 12.1. The molecule has 1 aromatic heterocycles. The van der Waals surface area contributed by atoms with Crippen molar-refractivity contribution in [2.75, 3.05) is 0 Å². The molecule has 0 atom stereocenters. The number of carbonyl (C=O) groups is 1. The van der Waals surface area contributed by atoms with Gasteiger partial charge in [-0.25, -0.2) is 4.39 Å². The van der Waals surface area contributed by atoms with E-state index in [1.807, 2.05) is 22.9 Å². The summed E-state index contributed by atoms with van der Waals surface area (Å²) in [4.78, 5) is 11.8. The van der Waals surface area contributed by atoms with Gasteiger partial charge in [-0.15, -0.1) is 0 Å². The van der Waals surface area contributed by atoms with Gasteiger partial charge in [0.05, 0.1) is 0 Å². The van der Waals surface area contributed by atoms with Crippen LogP contribution in [0.25, 0.3) is 10.9 Å². The number of Topliss-reactive ketones (excluding diaryl/α,β-unsaturated/α-hetero) is 1. The van der Waals surface area contributed by atoms with E-state index < -0.39 is 0 Å². The molecule has 0 N–H and O–H groups in total. The van der Waals surface area contributed by atoms with Gasteiger partial charge in [-0.1, -0.05) is 24.3 Å². The molecular formula is C18H16FNO. The highest BCUT2D eigenvalue weighted by atomic mass is 19.1. The Morgan fingerprint density at radius 1 is 1.19 bits per heavy atom. The molecule has 2 aromatic carbocycles. The van der Waals surface area contributed by atoms with Crippen LogP contribution in [0.5, 0.6) is 0 Å². The standard InChI is InChI=1S/C18H16FNO/c1-12-5-3-4-6-14(12)10-20-11-17(13(2)21)16-9-15(19)7-8-18(16)20/h3-9,11H,10H2,1-2H3. The van der Waals surface area contributed by atoms with Crippen molar-refractivity contribution in [1.29, 1.82) is 0 Å². The van der Waals surface area contributed by atoms with Crippen molar-refractivity contribution in [1.82, 2.24) is 4.57 Å². The van der Waals surface area contributed by atoms with Gasteiger partial charge in [0.15, 0.2) is 5.78 Å². The van der Waals surface area contributed by atoms with Gasteiger partial charge in [-0.3, -0.25) is 4.79 Å². The fourth-order valence-corrected chi connectivity index (χ4v) is 2.65.